The number of ketones is 2. The topological polar surface area (TPSA) is 282 Å². The van der Waals surface area contributed by atoms with Crippen LogP contribution < -0.4 is 16.4 Å². The van der Waals surface area contributed by atoms with E-state index in [0.29, 0.717) is 30.8 Å². The number of aromatic amines is 1. The summed E-state index contributed by atoms with van der Waals surface area (Å²) in [5, 5.41) is 23.6. The van der Waals surface area contributed by atoms with Crippen LogP contribution in [0, 0.1) is 17.8 Å². The van der Waals surface area contributed by atoms with Crippen LogP contribution in [0.1, 0.15) is 69.8 Å². The van der Waals surface area contributed by atoms with Crippen molar-refractivity contribution >= 4 is 37.1 Å². The minimum Gasteiger partial charge on any atom is -0.394 e. The molecule has 0 fully saturated rings. The summed E-state index contributed by atoms with van der Waals surface area (Å²) in [7, 11) is -5.03. The van der Waals surface area contributed by atoms with Crippen molar-refractivity contribution in [3.05, 3.63) is 66.0 Å². The quantitative estimate of drug-likeness (QED) is 0.0592. The minimum absolute atomic E-state index is 0.00135. The SMILES string of the molecule is CC(C)C[C@H](NC(=O)CCc1cn(CCCc2ccccc2)nn1)C(=O)C[C@@H](Cc1cnc[nH]1)C(=O)N[C@@H](CO)C(=O)C[C@H](C(N)=O)[C@@H](C)OP(=O)(O)O. The van der Waals surface area contributed by atoms with Crippen LogP contribution in [0.5, 0.6) is 0 Å². The highest BCUT2D eigenvalue weighted by Crippen LogP contribution is 2.39. The van der Waals surface area contributed by atoms with Gasteiger partial charge in [0, 0.05) is 56.7 Å². The Balaban J connectivity index is 1.63. The second-order valence-electron chi connectivity index (χ2n) is 13.7. The number of imidazole rings is 1. The first-order valence-corrected chi connectivity index (χ1v) is 19.3. The van der Waals surface area contributed by atoms with Crippen molar-refractivity contribution in [3.8, 4) is 0 Å². The van der Waals surface area contributed by atoms with Gasteiger partial charge < -0.3 is 36.2 Å². The van der Waals surface area contributed by atoms with E-state index in [4.69, 9.17) is 15.5 Å². The van der Waals surface area contributed by atoms with Crippen LogP contribution in [0.3, 0.4) is 0 Å². The van der Waals surface area contributed by atoms with Crippen LogP contribution in [-0.2, 0) is 58.9 Å². The third-order valence-electron chi connectivity index (χ3n) is 8.70. The number of rotatable bonds is 25. The molecular formula is C35H51N8O10P. The van der Waals surface area contributed by atoms with E-state index in [1.54, 1.807) is 10.9 Å². The van der Waals surface area contributed by atoms with Gasteiger partial charge in [-0.3, -0.25) is 33.2 Å². The van der Waals surface area contributed by atoms with Crippen LogP contribution in [0.15, 0.2) is 49.1 Å². The van der Waals surface area contributed by atoms with Gasteiger partial charge in [0.2, 0.25) is 17.7 Å². The van der Waals surface area contributed by atoms with Gasteiger partial charge in [-0.1, -0.05) is 49.4 Å². The number of hydrogen-bond acceptors (Lipinski definition) is 11. The lowest BCUT2D eigenvalue weighted by Gasteiger charge is -2.25. The lowest BCUT2D eigenvalue weighted by Crippen LogP contribution is -2.49. The van der Waals surface area contributed by atoms with Crippen molar-refractivity contribution in [1.82, 2.24) is 35.6 Å². The summed E-state index contributed by atoms with van der Waals surface area (Å²) in [4.78, 5) is 90.6. The molecule has 0 aliphatic heterocycles. The molecule has 0 unspecified atom stereocenters. The summed E-state index contributed by atoms with van der Waals surface area (Å²) >= 11 is 0. The third kappa shape index (κ3) is 15.4. The predicted molar refractivity (Wildman–Crippen MR) is 194 cm³/mol. The van der Waals surface area contributed by atoms with E-state index in [1.807, 2.05) is 32.0 Å². The molecule has 0 saturated carbocycles. The van der Waals surface area contributed by atoms with Crippen molar-refractivity contribution in [2.75, 3.05) is 6.61 Å². The molecule has 0 spiro atoms. The zero-order valence-corrected chi connectivity index (χ0v) is 31.6. The highest BCUT2D eigenvalue weighted by Gasteiger charge is 2.35. The van der Waals surface area contributed by atoms with Crippen molar-refractivity contribution < 1.29 is 48.0 Å². The number of aliphatic hydroxyl groups is 1. The second-order valence-corrected chi connectivity index (χ2v) is 14.9. The maximum Gasteiger partial charge on any atom is 0.469 e. The first-order valence-electron chi connectivity index (χ1n) is 17.7. The number of nitrogens with zero attached hydrogens (tertiary/aromatic N) is 4. The van der Waals surface area contributed by atoms with Gasteiger partial charge in [0.05, 0.1) is 42.6 Å². The molecule has 3 amide bonds. The number of amides is 3. The summed E-state index contributed by atoms with van der Waals surface area (Å²) < 4.78 is 17.5. The number of carbonyl (C=O) groups is 5. The van der Waals surface area contributed by atoms with E-state index >= 15 is 0 Å². The maximum absolute atomic E-state index is 13.7. The number of aromatic nitrogens is 5. The number of benzene rings is 1. The normalized spacial score (nSPS) is 14.5. The standard InChI is InChI=1S/C35H51N8O10P/c1-22(2)14-29(39-33(47)12-11-26-19-43(42-41-26)13-7-10-24-8-5-4-6-9-24)31(45)16-25(15-27-18-37-21-38-27)35(49)40-30(20-44)32(46)17-28(34(36)48)23(3)53-54(50,51)52/h4-6,8-9,18-19,21-23,25,28-30,44H,7,10-17,20H2,1-3H3,(H2,36,48)(H,37,38)(H,39,47)(H,40,49)(H2,50,51,52)/t23-,25-,28+,29+,30+/m1/s1. The largest absolute Gasteiger partial charge is 0.469 e. The molecule has 0 bridgehead atoms. The molecular weight excluding hydrogens is 723 g/mol. The Bertz CT molecular complexity index is 1710. The molecule has 0 radical (unpaired) electrons. The summed E-state index contributed by atoms with van der Waals surface area (Å²) in [6, 6.07) is 7.63. The van der Waals surface area contributed by atoms with Crippen molar-refractivity contribution in [1.29, 1.82) is 0 Å². The molecule has 296 valence electrons. The molecule has 18 nitrogen and oxygen atoms in total. The molecule has 1 aromatic carbocycles. The number of nitrogens with two attached hydrogens (primary N) is 1. The van der Waals surface area contributed by atoms with Crippen LogP contribution >= 0.6 is 7.82 Å². The number of aryl methyl sites for hydroxylation is 3. The zero-order valence-electron chi connectivity index (χ0n) is 30.7. The smallest absolute Gasteiger partial charge is 0.394 e. The fourth-order valence-corrected chi connectivity index (χ4v) is 6.45. The number of nitrogens with one attached hydrogen (secondary N) is 3. The Morgan fingerprint density at radius 1 is 1.00 bits per heavy atom. The fourth-order valence-electron chi connectivity index (χ4n) is 5.87. The van der Waals surface area contributed by atoms with Gasteiger partial charge in [-0.15, -0.1) is 5.10 Å². The van der Waals surface area contributed by atoms with Crippen molar-refractivity contribution in [2.24, 2.45) is 23.5 Å². The number of phosphoric ester groups is 1. The number of aliphatic hydroxyl groups excluding tert-OH is 1. The van der Waals surface area contributed by atoms with Gasteiger partial charge in [0.15, 0.2) is 11.6 Å². The minimum atomic E-state index is -5.03. The van der Waals surface area contributed by atoms with E-state index in [-0.39, 0.29) is 31.1 Å². The highest BCUT2D eigenvalue weighted by atomic mass is 31.2. The maximum atomic E-state index is 13.7. The molecule has 0 aliphatic rings. The predicted octanol–water partition coefficient (Wildman–Crippen LogP) is 0.951. The van der Waals surface area contributed by atoms with Crippen LogP contribution in [0.2, 0.25) is 0 Å². The van der Waals surface area contributed by atoms with E-state index in [0.717, 1.165) is 19.8 Å². The summed E-state index contributed by atoms with van der Waals surface area (Å²) in [5.74, 6) is -6.10. The molecule has 3 aromatic rings. The van der Waals surface area contributed by atoms with Gasteiger partial charge >= 0.3 is 7.82 Å². The van der Waals surface area contributed by atoms with Crippen molar-refractivity contribution in [2.45, 2.75) is 96.9 Å². The lowest BCUT2D eigenvalue weighted by molar-refractivity contribution is -0.135. The average molecular weight is 775 g/mol. The van der Waals surface area contributed by atoms with Crippen LogP contribution in [-0.4, -0.2) is 93.9 Å². The fraction of sp³-hybridized carbons (Fsp3) is 0.543. The van der Waals surface area contributed by atoms with Crippen LogP contribution in [0.25, 0.3) is 0 Å². The Morgan fingerprint density at radius 3 is 2.31 bits per heavy atom. The Morgan fingerprint density at radius 2 is 1.70 bits per heavy atom. The number of primary amides is 1. The molecule has 54 heavy (non-hydrogen) atoms. The first-order chi connectivity index (χ1) is 25.5. The monoisotopic (exact) mass is 774 g/mol. The number of Topliss-reactive ketones (excluding diaryl/α,β-unsaturated/α-hetero) is 2. The van der Waals surface area contributed by atoms with E-state index < -0.39 is 74.3 Å². The Kier molecular flexibility index (Phi) is 17.3. The number of hydrogen-bond donors (Lipinski definition) is 7. The Hall–Kier alpha value is -4.61. The van der Waals surface area contributed by atoms with Gasteiger partial charge in [0.25, 0.3) is 0 Å². The molecule has 5 atom stereocenters. The molecule has 2 aromatic heterocycles. The van der Waals surface area contributed by atoms with Gasteiger partial charge in [-0.2, -0.15) is 0 Å². The van der Waals surface area contributed by atoms with Crippen molar-refractivity contribution in [3.63, 3.8) is 0 Å². The van der Waals surface area contributed by atoms with Crippen LogP contribution in [0.4, 0.5) is 0 Å². The molecule has 3 rings (SSSR count). The summed E-state index contributed by atoms with van der Waals surface area (Å²) in [6.45, 7) is 4.70. The molecule has 8 N–H and O–H groups in total. The van der Waals surface area contributed by atoms with Gasteiger partial charge in [-0.05, 0) is 37.7 Å². The summed E-state index contributed by atoms with van der Waals surface area (Å²) in [5.41, 5.74) is 7.71. The molecule has 0 saturated heterocycles. The summed E-state index contributed by atoms with van der Waals surface area (Å²) in [6.07, 6.45) is 4.53. The molecule has 19 heteroatoms. The number of phosphoric acid groups is 1. The van der Waals surface area contributed by atoms with Gasteiger partial charge in [-0.25, -0.2) is 9.55 Å². The molecule has 0 aliphatic carbocycles. The van der Waals surface area contributed by atoms with E-state index in [9.17, 15) is 33.6 Å². The average Bonchev–Trinajstić information content (AvgIpc) is 3.79. The second kappa shape index (κ2) is 21.3. The Labute approximate surface area is 313 Å². The van der Waals surface area contributed by atoms with E-state index in [1.165, 1.54) is 18.1 Å². The lowest BCUT2D eigenvalue weighted by atomic mass is 9.89. The van der Waals surface area contributed by atoms with Gasteiger partial charge in [0.1, 0.15) is 6.04 Å². The molecule has 2 heterocycles. The first kappa shape index (κ1) is 43.8. The number of carbonyl (C=O) groups excluding carboxylic acids is 5. The number of H-pyrrole nitrogens is 1. The highest BCUT2D eigenvalue weighted by molar-refractivity contribution is 7.46. The van der Waals surface area contributed by atoms with E-state index in [2.05, 4.69) is 47.6 Å². The zero-order chi connectivity index (χ0) is 39.8. The third-order valence-corrected chi connectivity index (χ3v) is 9.31.